The molecular weight excluding hydrogens is 270 g/mol. The lowest BCUT2D eigenvalue weighted by Gasteiger charge is -2.14. The summed E-state index contributed by atoms with van der Waals surface area (Å²) in [5.41, 5.74) is 8.65. The number of aromatic nitrogens is 2. The molecule has 0 spiro atoms. The molecule has 0 fully saturated rings. The quantitative estimate of drug-likeness (QED) is 0.859. The molecule has 5 heteroatoms. The van der Waals surface area contributed by atoms with Gasteiger partial charge in [0.2, 0.25) is 0 Å². The first-order valence-corrected chi connectivity index (χ1v) is 6.91. The van der Waals surface area contributed by atoms with Crippen LogP contribution in [0.25, 0.3) is 0 Å². The molecule has 1 aromatic heterocycles. The van der Waals surface area contributed by atoms with Crippen molar-refractivity contribution in [3.8, 4) is 5.75 Å². The zero-order valence-electron chi connectivity index (χ0n) is 12.0. The van der Waals surface area contributed by atoms with Crippen molar-refractivity contribution < 1.29 is 4.74 Å². The van der Waals surface area contributed by atoms with Crippen LogP contribution in [0.15, 0.2) is 24.5 Å². The van der Waals surface area contributed by atoms with Crippen LogP contribution < -0.4 is 10.5 Å². The van der Waals surface area contributed by atoms with Gasteiger partial charge in [-0.15, -0.1) is 0 Å². The van der Waals surface area contributed by atoms with Crippen LogP contribution in [0.1, 0.15) is 22.5 Å². The van der Waals surface area contributed by atoms with Gasteiger partial charge in [0.15, 0.2) is 0 Å². The van der Waals surface area contributed by atoms with Crippen LogP contribution in [-0.2, 0) is 6.54 Å². The number of nitrogens with two attached hydrogens (primary N) is 1. The average molecular weight is 289 g/mol. The number of benzene rings is 1. The highest BCUT2D eigenvalue weighted by Crippen LogP contribution is 2.24. The lowest BCUT2D eigenvalue weighted by molar-refractivity contribution is 0.293. The highest BCUT2D eigenvalue weighted by Gasteiger charge is 2.08. The van der Waals surface area contributed by atoms with E-state index < -0.39 is 0 Å². The lowest BCUT2D eigenvalue weighted by Crippen LogP contribution is -2.12. The number of nitrogens with zero attached hydrogens (tertiary/aromatic N) is 2. The zero-order valence-corrected chi connectivity index (χ0v) is 12.8. The van der Waals surface area contributed by atoms with Crippen LogP contribution in [0, 0.1) is 20.8 Å². The van der Waals surface area contributed by atoms with Crippen molar-refractivity contribution in [2.75, 3.05) is 6.61 Å². The molecule has 0 saturated carbocycles. The molecular formula is C15H19N3OS. The fourth-order valence-corrected chi connectivity index (χ4v) is 2.32. The summed E-state index contributed by atoms with van der Waals surface area (Å²) < 4.78 is 7.96. The van der Waals surface area contributed by atoms with Crippen molar-refractivity contribution in [1.29, 1.82) is 0 Å². The van der Waals surface area contributed by atoms with E-state index in [1.807, 2.05) is 39.1 Å². The minimum absolute atomic E-state index is 0.414. The molecule has 0 bridgehead atoms. The second kappa shape index (κ2) is 6.05. The Bertz CT molecular complexity index is 611. The van der Waals surface area contributed by atoms with Crippen LogP contribution in [-0.4, -0.2) is 21.1 Å². The normalized spacial score (nSPS) is 10.6. The van der Waals surface area contributed by atoms with Crippen molar-refractivity contribution in [1.82, 2.24) is 9.55 Å². The third kappa shape index (κ3) is 3.17. The first-order valence-electron chi connectivity index (χ1n) is 6.50. The van der Waals surface area contributed by atoms with Crippen molar-refractivity contribution in [2.24, 2.45) is 5.73 Å². The van der Waals surface area contributed by atoms with Crippen molar-refractivity contribution in [2.45, 2.75) is 27.3 Å². The summed E-state index contributed by atoms with van der Waals surface area (Å²) in [4.78, 5) is 4.60. The number of imidazole rings is 1. The molecule has 4 nitrogen and oxygen atoms in total. The van der Waals surface area contributed by atoms with Gasteiger partial charge in [0.1, 0.15) is 23.2 Å². The number of thiocarbonyl (C=S) groups is 1. The number of aryl methyl sites for hydroxylation is 3. The van der Waals surface area contributed by atoms with Gasteiger partial charge < -0.3 is 15.0 Å². The maximum absolute atomic E-state index is 5.90. The van der Waals surface area contributed by atoms with Crippen LogP contribution >= 0.6 is 12.2 Å². The molecule has 0 aliphatic heterocycles. The van der Waals surface area contributed by atoms with Gasteiger partial charge in [-0.3, -0.25) is 0 Å². The average Bonchev–Trinajstić information content (AvgIpc) is 2.78. The van der Waals surface area contributed by atoms with Gasteiger partial charge >= 0.3 is 0 Å². The van der Waals surface area contributed by atoms with Crippen molar-refractivity contribution >= 4 is 17.2 Å². The second-order valence-corrected chi connectivity index (χ2v) is 5.26. The fourth-order valence-electron chi connectivity index (χ4n) is 2.21. The van der Waals surface area contributed by atoms with E-state index in [0.29, 0.717) is 11.6 Å². The smallest absolute Gasteiger partial charge is 0.125 e. The Morgan fingerprint density at radius 1 is 1.30 bits per heavy atom. The van der Waals surface area contributed by atoms with Crippen LogP contribution in [0.5, 0.6) is 5.75 Å². The van der Waals surface area contributed by atoms with Gasteiger partial charge in [-0.25, -0.2) is 4.98 Å². The Labute approximate surface area is 124 Å². The Kier molecular flexibility index (Phi) is 4.39. The van der Waals surface area contributed by atoms with E-state index in [1.165, 1.54) is 0 Å². The maximum atomic E-state index is 5.90. The van der Waals surface area contributed by atoms with Gasteiger partial charge in [0.25, 0.3) is 0 Å². The molecule has 0 aliphatic carbocycles. The molecule has 2 rings (SSSR count). The van der Waals surface area contributed by atoms with Crippen LogP contribution in [0.3, 0.4) is 0 Å². The Morgan fingerprint density at radius 2 is 1.95 bits per heavy atom. The predicted molar refractivity (Wildman–Crippen MR) is 84.3 cm³/mol. The summed E-state index contributed by atoms with van der Waals surface area (Å²) in [6.07, 6.45) is 3.75. The molecule has 0 atom stereocenters. The summed E-state index contributed by atoms with van der Waals surface area (Å²) in [6, 6.07) is 3.93. The van der Waals surface area contributed by atoms with Crippen molar-refractivity contribution in [3.05, 3.63) is 47.0 Å². The van der Waals surface area contributed by atoms with E-state index in [9.17, 15) is 0 Å². The molecule has 0 aliphatic rings. The Morgan fingerprint density at radius 3 is 2.45 bits per heavy atom. The van der Waals surface area contributed by atoms with E-state index >= 15 is 0 Å². The van der Waals surface area contributed by atoms with Gasteiger partial charge in [-0.2, -0.15) is 0 Å². The molecule has 0 radical (unpaired) electrons. The van der Waals surface area contributed by atoms with E-state index in [1.54, 1.807) is 6.20 Å². The molecule has 0 saturated heterocycles. The summed E-state index contributed by atoms with van der Waals surface area (Å²) in [5, 5.41) is 0. The van der Waals surface area contributed by atoms with E-state index in [0.717, 1.165) is 34.8 Å². The minimum atomic E-state index is 0.414. The topological polar surface area (TPSA) is 53.1 Å². The maximum Gasteiger partial charge on any atom is 0.125 e. The SMILES string of the molecule is Cc1cc(C(N)=S)cc(C)c1OCCn1ccnc1C. The van der Waals surface area contributed by atoms with Gasteiger partial charge in [-0.05, 0) is 44.0 Å². The Hall–Kier alpha value is -1.88. The molecule has 106 valence electrons. The first kappa shape index (κ1) is 14.5. The lowest BCUT2D eigenvalue weighted by atomic mass is 10.1. The molecule has 0 amide bonds. The molecule has 1 aromatic carbocycles. The molecule has 2 aromatic rings. The Balaban J connectivity index is 2.06. The van der Waals surface area contributed by atoms with Gasteiger partial charge in [0, 0.05) is 18.0 Å². The number of rotatable bonds is 5. The summed E-state index contributed by atoms with van der Waals surface area (Å²) >= 11 is 5.01. The summed E-state index contributed by atoms with van der Waals surface area (Å²) in [5.74, 6) is 1.90. The molecule has 2 N–H and O–H groups in total. The number of hydrogen-bond acceptors (Lipinski definition) is 3. The monoisotopic (exact) mass is 289 g/mol. The van der Waals surface area contributed by atoms with Gasteiger partial charge in [-0.1, -0.05) is 12.2 Å². The second-order valence-electron chi connectivity index (χ2n) is 4.82. The number of ether oxygens (including phenoxy) is 1. The fraction of sp³-hybridized carbons (Fsp3) is 0.333. The van der Waals surface area contributed by atoms with Gasteiger partial charge in [0.05, 0.1) is 6.54 Å². The van der Waals surface area contributed by atoms with Crippen LogP contribution in [0.2, 0.25) is 0 Å². The van der Waals surface area contributed by atoms with Crippen LogP contribution in [0.4, 0.5) is 0 Å². The third-order valence-corrected chi connectivity index (χ3v) is 3.48. The molecule has 20 heavy (non-hydrogen) atoms. The zero-order chi connectivity index (χ0) is 14.7. The summed E-state index contributed by atoms with van der Waals surface area (Å²) in [6.45, 7) is 7.37. The standard InChI is InChI=1S/C15H19N3OS/c1-10-8-13(15(16)20)9-11(2)14(10)19-7-6-18-5-4-17-12(18)3/h4-5,8-9H,6-7H2,1-3H3,(H2,16,20). The third-order valence-electron chi connectivity index (χ3n) is 3.25. The highest BCUT2D eigenvalue weighted by atomic mass is 32.1. The minimum Gasteiger partial charge on any atom is -0.491 e. The van der Waals surface area contributed by atoms with E-state index in [4.69, 9.17) is 22.7 Å². The largest absolute Gasteiger partial charge is 0.491 e. The highest BCUT2D eigenvalue weighted by molar-refractivity contribution is 7.80. The van der Waals surface area contributed by atoms with E-state index in [2.05, 4.69) is 9.55 Å². The summed E-state index contributed by atoms with van der Waals surface area (Å²) in [7, 11) is 0. The number of hydrogen-bond donors (Lipinski definition) is 1. The predicted octanol–water partition coefficient (Wildman–Crippen LogP) is 2.52. The molecule has 1 heterocycles. The van der Waals surface area contributed by atoms with E-state index in [-0.39, 0.29) is 0 Å². The van der Waals surface area contributed by atoms with Crippen molar-refractivity contribution in [3.63, 3.8) is 0 Å². The first-order chi connectivity index (χ1) is 9.49. The molecule has 0 unspecified atom stereocenters.